The molecule has 0 unspecified atom stereocenters. The Morgan fingerprint density at radius 1 is 0.600 bits per heavy atom. The predicted octanol–water partition coefficient (Wildman–Crippen LogP) is 5.40. The van der Waals surface area contributed by atoms with Gasteiger partial charge in [0.25, 0.3) is 0 Å². The molecule has 0 aromatic rings. The van der Waals surface area contributed by atoms with Crippen molar-refractivity contribution in [2.45, 2.75) is 110 Å². The van der Waals surface area contributed by atoms with Crippen LogP contribution < -0.4 is 0 Å². The molecule has 0 saturated carbocycles. The normalized spacial score (nSPS) is 10.6. The Morgan fingerprint density at radius 2 is 0.960 bits per heavy atom. The van der Waals surface area contributed by atoms with Crippen molar-refractivity contribution in [2.75, 3.05) is 0 Å². The van der Waals surface area contributed by atoms with Crippen LogP contribution in [0.1, 0.15) is 110 Å². The molecule has 0 saturated heterocycles. The van der Waals surface area contributed by atoms with Gasteiger partial charge in [-0.05, 0) is 19.3 Å². The van der Waals surface area contributed by atoms with E-state index >= 15 is 0 Å². The third kappa shape index (κ3) is 18.8. The Morgan fingerprint density at radius 3 is 1.36 bits per heavy atom. The number of carbonyl (C=O) groups is 3. The van der Waals surface area contributed by atoms with Crippen molar-refractivity contribution in [3.63, 3.8) is 0 Å². The summed E-state index contributed by atoms with van der Waals surface area (Å²) < 4.78 is 4.82. The third-order valence-corrected chi connectivity index (χ3v) is 4.23. The Balaban J connectivity index is 3.38. The maximum absolute atomic E-state index is 11.6. The number of carboxylic acids is 1. The molecule has 146 valence electrons. The Hall–Kier alpha value is -1.39. The van der Waals surface area contributed by atoms with E-state index in [0.717, 1.165) is 51.4 Å². The highest BCUT2D eigenvalue weighted by Gasteiger charge is 2.09. The standard InChI is InChI=1S/C20H36O5/c1-2-3-4-5-6-10-13-16-19(23)25-20(24)17-14-11-8-7-9-12-15-18(21)22/h2-17H2,1H3,(H,21,22). The minimum atomic E-state index is -0.746. The van der Waals surface area contributed by atoms with Crippen LogP contribution in [0.3, 0.4) is 0 Å². The zero-order chi connectivity index (χ0) is 18.8. The molecule has 5 nitrogen and oxygen atoms in total. The summed E-state index contributed by atoms with van der Waals surface area (Å²) >= 11 is 0. The first-order valence-corrected chi connectivity index (χ1v) is 10.0. The van der Waals surface area contributed by atoms with Crippen molar-refractivity contribution in [3.05, 3.63) is 0 Å². The average molecular weight is 357 g/mol. The van der Waals surface area contributed by atoms with Gasteiger partial charge in [0.2, 0.25) is 0 Å². The van der Waals surface area contributed by atoms with Crippen molar-refractivity contribution in [1.29, 1.82) is 0 Å². The van der Waals surface area contributed by atoms with Gasteiger partial charge in [0.05, 0.1) is 0 Å². The van der Waals surface area contributed by atoms with Crippen LogP contribution in [-0.4, -0.2) is 23.0 Å². The van der Waals surface area contributed by atoms with E-state index in [2.05, 4.69) is 6.92 Å². The highest BCUT2D eigenvalue weighted by molar-refractivity contribution is 5.85. The SMILES string of the molecule is CCCCCCCCCC(=O)OC(=O)CCCCCCCCC(=O)O. The van der Waals surface area contributed by atoms with Crippen LogP contribution in [0.5, 0.6) is 0 Å². The van der Waals surface area contributed by atoms with Crippen LogP contribution in [0.2, 0.25) is 0 Å². The Bertz CT molecular complexity index is 365. The number of aliphatic carboxylic acids is 1. The summed E-state index contributed by atoms with van der Waals surface area (Å²) in [5.74, 6) is -1.56. The van der Waals surface area contributed by atoms with Crippen molar-refractivity contribution in [2.24, 2.45) is 0 Å². The van der Waals surface area contributed by atoms with E-state index < -0.39 is 17.9 Å². The van der Waals surface area contributed by atoms with Gasteiger partial charge in [0, 0.05) is 19.3 Å². The maximum Gasteiger partial charge on any atom is 0.313 e. The van der Waals surface area contributed by atoms with Crippen LogP contribution in [0.4, 0.5) is 0 Å². The molecule has 0 amide bonds. The number of carbonyl (C=O) groups excluding carboxylic acids is 2. The molecular weight excluding hydrogens is 320 g/mol. The number of ether oxygens (including phenoxy) is 1. The van der Waals surface area contributed by atoms with E-state index in [-0.39, 0.29) is 12.8 Å². The minimum Gasteiger partial charge on any atom is -0.481 e. The molecule has 0 aliphatic rings. The van der Waals surface area contributed by atoms with Gasteiger partial charge in [-0.2, -0.15) is 0 Å². The zero-order valence-electron chi connectivity index (χ0n) is 15.9. The van der Waals surface area contributed by atoms with E-state index in [0.29, 0.717) is 12.8 Å². The quantitative estimate of drug-likeness (QED) is 0.214. The van der Waals surface area contributed by atoms with Crippen molar-refractivity contribution in [1.82, 2.24) is 0 Å². The first-order valence-electron chi connectivity index (χ1n) is 10.0. The summed E-state index contributed by atoms with van der Waals surface area (Å²) in [5.41, 5.74) is 0. The summed E-state index contributed by atoms with van der Waals surface area (Å²) in [6, 6.07) is 0. The lowest BCUT2D eigenvalue weighted by Gasteiger charge is -2.04. The second-order valence-electron chi connectivity index (χ2n) is 6.73. The van der Waals surface area contributed by atoms with Gasteiger partial charge in [0.15, 0.2) is 0 Å². The number of unbranched alkanes of at least 4 members (excludes halogenated alkanes) is 11. The first-order chi connectivity index (χ1) is 12.1. The van der Waals surface area contributed by atoms with Crippen LogP contribution in [0.25, 0.3) is 0 Å². The molecule has 0 aromatic carbocycles. The molecule has 0 spiro atoms. The fraction of sp³-hybridized carbons (Fsp3) is 0.850. The van der Waals surface area contributed by atoms with E-state index in [9.17, 15) is 14.4 Å². The van der Waals surface area contributed by atoms with E-state index in [1.807, 2.05) is 0 Å². The maximum atomic E-state index is 11.6. The molecule has 0 heterocycles. The first kappa shape index (κ1) is 23.6. The number of rotatable bonds is 17. The summed E-state index contributed by atoms with van der Waals surface area (Å²) in [7, 11) is 0. The molecule has 0 aromatic heterocycles. The molecule has 25 heavy (non-hydrogen) atoms. The van der Waals surface area contributed by atoms with Crippen LogP contribution >= 0.6 is 0 Å². The predicted molar refractivity (Wildman–Crippen MR) is 98.3 cm³/mol. The number of esters is 2. The fourth-order valence-electron chi connectivity index (χ4n) is 2.71. The lowest BCUT2D eigenvalue weighted by molar-refractivity contribution is -0.159. The lowest BCUT2D eigenvalue weighted by atomic mass is 10.1. The zero-order valence-corrected chi connectivity index (χ0v) is 15.9. The molecule has 0 aliphatic carbocycles. The smallest absolute Gasteiger partial charge is 0.313 e. The van der Waals surface area contributed by atoms with Crippen molar-refractivity contribution in [3.8, 4) is 0 Å². The van der Waals surface area contributed by atoms with E-state index in [1.165, 1.54) is 25.7 Å². The number of carboxylic acid groups (broad SMARTS) is 1. The molecule has 0 aliphatic heterocycles. The number of hydrogen-bond donors (Lipinski definition) is 1. The molecule has 0 atom stereocenters. The molecule has 0 radical (unpaired) electrons. The molecule has 5 heteroatoms. The monoisotopic (exact) mass is 356 g/mol. The Kier molecular flexibility index (Phi) is 16.5. The van der Waals surface area contributed by atoms with Gasteiger partial charge in [0.1, 0.15) is 0 Å². The molecule has 0 fully saturated rings. The molecule has 1 N–H and O–H groups in total. The van der Waals surface area contributed by atoms with Crippen LogP contribution in [-0.2, 0) is 19.1 Å². The third-order valence-electron chi connectivity index (χ3n) is 4.23. The second kappa shape index (κ2) is 17.4. The summed E-state index contributed by atoms with van der Waals surface area (Å²) in [6.45, 7) is 2.19. The second-order valence-corrected chi connectivity index (χ2v) is 6.73. The van der Waals surface area contributed by atoms with E-state index in [4.69, 9.17) is 9.84 Å². The summed E-state index contributed by atoms with van der Waals surface area (Å²) in [6.07, 6.45) is 14.0. The minimum absolute atomic E-state index is 0.229. The molecule has 0 rings (SSSR count). The highest BCUT2D eigenvalue weighted by Crippen LogP contribution is 2.11. The fourth-order valence-corrected chi connectivity index (χ4v) is 2.71. The van der Waals surface area contributed by atoms with Crippen LogP contribution in [0.15, 0.2) is 0 Å². The van der Waals surface area contributed by atoms with Gasteiger partial charge in [-0.1, -0.05) is 71.1 Å². The summed E-state index contributed by atoms with van der Waals surface area (Å²) in [4.78, 5) is 33.5. The largest absolute Gasteiger partial charge is 0.481 e. The van der Waals surface area contributed by atoms with Gasteiger partial charge in [-0.15, -0.1) is 0 Å². The lowest BCUT2D eigenvalue weighted by Crippen LogP contribution is -2.11. The van der Waals surface area contributed by atoms with Gasteiger partial charge >= 0.3 is 17.9 Å². The average Bonchev–Trinajstić information content (AvgIpc) is 2.56. The van der Waals surface area contributed by atoms with Gasteiger partial charge < -0.3 is 9.84 Å². The highest BCUT2D eigenvalue weighted by atomic mass is 16.6. The van der Waals surface area contributed by atoms with Crippen LogP contribution in [0, 0.1) is 0 Å². The topological polar surface area (TPSA) is 80.7 Å². The molecular formula is C20H36O5. The molecule has 0 bridgehead atoms. The van der Waals surface area contributed by atoms with Crippen molar-refractivity contribution >= 4 is 17.9 Å². The van der Waals surface area contributed by atoms with Gasteiger partial charge in [-0.25, -0.2) is 0 Å². The number of hydrogen-bond acceptors (Lipinski definition) is 4. The van der Waals surface area contributed by atoms with Crippen molar-refractivity contribution < 1.29 is 24.2 Å². The summed E-state index contributed by atoms with van der Waals surface area (Å²) in [5, 5.41) is 8.52. The van der Waals surface area contributed by atoms with E-state index in [1.54, 1.807) is 0 Å². The van der Waals surface area contributed by atoms with Gasteiger partial charge in [-0.3, -0.25) is 14.4 Å². The Labute approximate surface area is 152 Å².